The van der Waals surface area contributed by atoms with Gasteiger partial charge in [0.05, 0.1) is 13.3 Å². The normalized spacial score (nSPS) is 14.7. The summed E-state index contributed by atoms with van der Waals surface area (Å²) in [7, 11) is 1.30. The van der Waals surface area contributed by atoms with Gasteiger partial charge in [0.15, 0.2) is 5.13 Å². The van der Waals surface area contributed by atoms with Crippen LogP contribution in [0.25, 0.3) is 0 Å². The predicted octanol–water partition coefficient (Wildman–Crippen LogP) is 3.18. The van der Waals surface area contributed by atoms with Gasteiger partial charge in [-0.3, -0.25) is 9.59 Å². The topological polar surface area (TPSA) is 88.6 Å². The van der Waals surface area contributed by atoms with Gasteiger partial charge in [0.1, 0.15) is 4.88 Å². The van der Waals surface area contributed by atoms with E-state index in [0.717, 1.165) is 15.8 Å². The van der Waals surface area contributed by atoms with Crippen molar-refractivity contribution in [2.24, 2.45) is 5.92 Å². The summed E-state index contributed by atoms with van der Waals surface area (Å²) >= 11 is 4.43. The summed E-state index contributed by atoms with van der Waals surface area (Å²) in [5.41, 5.74) is 0.638. The Bertz CT molecular complexity index is 845. The molecule has 0 bridgehead atoms. The van der Waals surface area contributed by atoms with Crippen LogP contribution >= 0.6 is 27.3 Å². The molecule has 1 aromatic heterocycles. The number of halogens is 1. The molecule has 27 heavy (non-hydrogen) atoms. The summed E-state index contributed by atoms with van der Waals surface area (Å²) in [5, 5.41) is 3.11. The van der Waals surface area contributed by atoms with Crippen LogP contribution in [0, 0.1) is 5.92 Å². The number of piperidine rings is 1. The Morgan fingerprint density at radius 1 is 1.22 bits per heavy atom. The van der Waals surface area contributed by atoms with Crippen molar-refractivity contribution in [1.29, 1.82) is 0 Å². The third kappa shape index (κ3) is 4.72. The molecule has 2 heterocycles. The molecule has 3 rings (SSSR count). The molecule has 0 radical (unpaired) electrons. The minimum atomic E-state index is -0.479. The van der Waals surface area contributed by atoms with Gasteiger partial charge in [-0.15, -0.1) is 0 Å². The van der Waals surface area contributed by atoms with Crippen molar-refractivity contribution in [3.05, 3.63) is 45.4 Å². The third-order valence-electron chi connectivity index (χ3n) is 4.37. The second-order valence-corrected chi connectivity index (χ2v) is 8.03. The van der Waals surface area contributed by atoms with Crippen molar-refractivity contribution in [1.82, 2.24) is 9.88 Å². The van der Waals surface area contributed by atoms with Gasteiger partial charge < -0.3 is 15.0 Å². The van der Waals surface area contributed by atoms with Crippen molar-refractivity contribution in [2.45, 2.75) is 12.8 Å². The fourth-order valence-electron chi connectivity index (χ4n) is 2.85. The molecule has 0 unspecified atom stereocenters. The summed E-state index contributed by atoms with van der Waals surface area (Å²) in [6.45, 7) is 1.05. The maximum atomic E-state index is 12.5. The summed E-state index contributed by atoms with van der Waals surface area (Å²) in [5.74, 6) is -0.835. The van der Waals surface area contributed by atoms with E-state index in [2.05, 4.69) is 31.0 Å². The second kappa shape index (κ2) is 8.62. The SMILES string of the molecule is COC(=O)c1cnc(NC(=O)C2CCN(C(=O)c3ccc(Br)cc3)CC2)s1. The standard InChI is InChI=1S/C18H18BrN3O4S/c1-26-17(25)14-10-20-18(27-14)21-15(23)11-6-8-22(9-7-11)16(24)12-2-4-13(19)5-3-12/h2-5,10-11H,6-9H2,1H3,(H,20,21,23). The molecule has 0 spiro atoms. The number of nitrogens with one attached hydrogen (secondary N) is 1. The first-order valence-electron chi connectivity index (χ1n) is 8.38. The highest BCUT2D eigenvalue weighted by atomic mass is 79.9. The number of aromatic nitrogens is 1. The van der Waals surface area contributed by atoms with Gasteiger partial charge >= 0.3 is 5.97 Å². The van der Waals surface area contributed by atoms with Gasteiger partial charge in [-0.25, -0.2) is 9.78 Å². The number of rotatable bonds is 4. The first kappa shape index (κ1) is 19.5. The van der Waals surface area contributed by atoms with Crippen LogP contribution in [0.5, 0.6) is 0 Å². The van der Waals surface area contributed by atoms with Crippen molar-refractivity contribution in [3.8, 4) is 0 Å². The maximum Gasteiger partial charge on any atom is 0.349 e. The zero-order valence-electron chi connectivity index (χ0n) is 14.6. The number of benzene rings is 1. The Labute approximate surface area is 168 Å². The van der Waals surface area contributed by atoms with Crippen LogP contribution < -0.4 is 5.32 Å². The average Bonchev–Trinajstić information content (AvgIpc) is 3.16. The molecular weight excluding hydrogens is 434 g/mol. The highest BCUT2D eigenvalue weighted by Gasteiger charge is 2.28. The lowest BCUT2D eigenvalue weighted by Crippen LogP contribution is -2.41. The third-order valence-corrected chi connectivity index (χ3v) is 5.79. The maximum absolute atomic E-state index is 12.5. The van der Waals surface area contributed by atoms with Gasteiger partial charge in [-0.1, -0.05) is 27.3 Å². The fourth-order valence-corrected chi connectivity index (χ4v) is 3.86. The van der Waals surface area contributed by atoms with Crippen LogP contribution in [0.2, 0.25) is 0 Å². The van der Waals surface area contributed by atoms with E-state index in [9.17, 15) is 14.4 Å². The quantitative estimate of drug-likeness (QED) is 0.720. The summed E-state index contributed by atoms with van der Waals surface area (Å²) in [4.78, 5) is 42.5. The number of carbonyl (C=O) groups is 3. The number of nitrogens with zero attached hydrogens (tertiary/aromatic N) is 2. The number of esters is 1. The van der Waals surface area contributed by atoms with E-state index in [0.29, 0.717) is 41.5 Å². The van der Waals surface area contributed by atoms with E-state index in [1.165, 1.54) is 13.3 Å². The van der Waals surface area contributed by atoms with Gasteiger partial charge in [-0.05, 0) is 37.1 Å². The first-order valence-corrected chi connectivity index (χ1v) is 9.98. The molecule has 142 valence electrons. The number of thiazole rings is 1. The fraction of sp³-hybridized carbons (Fsp3) is 0.333. The molecule has 2 aromatic rings. The van der Waals surface area contributed by atoms with Gasteiger partial charge in [0, 0.05) is 29.0 Å². The molecule has 0 aliphatic carbocycles. The van der Waals surface area contributed by atoms with Crippen LogP contribution in [0.4, 0.5) is 5.13 Å². The Balaban J connectivity index is 1.53. The largest absolute Gasteiger partial charge is 0.465 e. The van der Waals surface area contributed by atoms with E-state index in [4.69, 9.17) is 0 Å². The average molecular weight is 452 g/mol. The molecule has 1 fully saturated rings. The Morgan fingerprint density at radius 3 is 2.52 bits per heavy atom. The number of carbonyl (C=O) groups excluding carboxylic acids is 3. The number of hydrogen-bond acceptors (Lipinski definition) is 6. The van der Waals surface area contributed by atoms with Crippen molar-refractivity contribution in [3.63, 3.8) is 0 Å². The highest BCUT2D eigenvalue weighted by Crippen LogP contribution is 2.24. The zero-order chi connectivity index (χ0) is 19.4. The molecule has 1 aliphatic rings. The predicted molar refractivity (Wildman–Crippen MR) is 105 cm³/mol. The molecule has 1 saturated heterocycles. The van der Waals surface area contributed by atoms with Crippen LogP contribution in [0.1, 0.15) is 32.9 Å². The lowest BCUT2D eigenvalue weighted by molar-refractivity contribution is -0.121. The number of anilines is 1. The van der Waals surface area contributed by atoms with Crippen LogP contribution in [0.15, 0.2) is 34.9 Å². The minimum Gasteiger partial charge on any atom is -0.465 e. The lowest BCUT2D eigenvalue weighted by Gasteiger charge is -2.31. The Kier molecular flexibility index (Phi) is 6.22. The first-order chi connectivity index (χ1) is 13.0. The van der Waals surface area contributed by atoms with Crippen LogP contribution in [0.3, 0.4) is 0 Å². The molecule has 1 aromatic carbocycles. The van der Waals surface area contributed by atoms with Crippen molar-refractivity contribution < 1.29 is 19.1 Å². The van der Waals surface area contributed by atoms with E-state index < -0.39 is 5.97 Å². The van der Waals surface area contributed by atoms with Crippen LogP contribution in [-0.2, 0) is 9.53 Å². The second-order valence-electron chi connectivity index (χ2n) is 6.08. The molecule has 1 aliphatic heterocycles. The van der Waals surface area contributed by atoms with Gasteiger partial charge in [-0.2, -0.15) is 0 Å². The van der Waals surface area contributed by atoms with E-state index >= 15 is 0 Å². The molecular formula is C18H18BrN3O4S. The number of ether oxygens (including phenoxy) is 1. The number of methoxy groups -OCH3 is 1. The molecule has 2 amide bonds. The van der Waals surface area contributed by atoms with Crippen molar-refractivity contribution in [2.75, 3.05) is 25.5 Å². The highest BCUT2D eigenvalue weighted by molar-refractivity contribution is 9.10. The van der Waals surface area contributed by atoms with E-state index in [1.807, 2.05) is 12.1 Å². The monoisotopic (exact) mass is 451 g/mol. The van der Waals surface area contributed by atoms with Gasteiger partial charge in [0.25, 0.3) is 5.91 Å². The summed E-state index contributed by atoms with van der Waals surface area (Å²) in [6.07, 6.45) is 2.55. The Hall–Kier alpha value is -2.26. The zero-order valence-corrected chi connectivity index (χ0v) is 17.0. The minimum absolute atomic E-state index is 0.0241. The summed E-state index contributed by atoms with van der Waals surface area (Å²) < 4.78 is 5.55. The van der Waals surface area contributed by atoms with Crippen molar-refractivity contribution >= 4 is 50.2 Å². The smallest absolute Gasteiger partial charge is 0.349 e. The number of hydrogen-bond donors (Lipinski definition) is 1. The number of likely N-dealkylation sites (tertiary alicyclic amines) is 1. The van der Waals surface area contributed by atoms with E-state index in [-0.39, 0.29) is 17.7 Å². The molecule has 7 nitrogen and oxygen atoms in total. The molecule has 0 saturated carbocycles. The molecule has 1 N–H and O–H groups in total. The molecule has 9 heteroatoms. The van der Waals surface area contributed by atoms with Crippen LogP contribution in [-0.4, -0.2) is 47.9 Å². The Morgan fingerprint density at radius 2 is 1.89 bits per heavy atom. The van der Waals surface area contributed by atoms with Gasteiger partial charge in [0.2, 0.25) is 5.91 Å². The van der Waals surface area contributed by atoms with E-state index in [1.54, 1.807) is 17.0 Å². The number of amides is 2. The molecule has 0 atom stereocenters. The lowest BCUT2D eigenvalue weighted by atomic mass is 9.95. The summed E-state index contributed by atoms with van der Waals surface area (Å²) in [6, 6.07) is 7.24.